The number of nitrogens with zero attached hydrogens (tertiary/aromatic N) is 3. The van der Waals surface area contributed by atoms with E-state index in [9.17, 15) is 9.59 Å². The molecule has 2 aromatic heterocycles. The van der Waals surface area contributed by atoms with Crippen molar-refractivity contribution in [3.63, 3.8) is 0 Å². The average Bonchev–Trinajstić information content (AvgIpc) is 2.64. The Hall–Kier alpha value is -3.92. The molecule has 0 spiro atoms. The minimum absolute atomic E-state index is 0.00727. The highest BCUT2D eigenvalue weighted by molar-refractivity contribution is 6.00. The fourth-order valence-corrected chi connectivity index (χ4v) is 2.51. The molecule has 1 amide bonds. The molecule has 2 N–H and O–H groups in total. The van der Waals surface area contributed by atoms with Crippen LogP contribution in [-0.4, -0.2) is 15.3 Å². The van der Waals surface area contributed by atoms with E-state index in [1.807, 2.05) is 32.0 Å². The molecule has 0 saturated carbocycles. The van der Waals surface area contributed by atoms with E-state index in [1.54, 1.807) is 30.5 Å². The summed E-state index contributed by atoms with van der Waals surface area (Å²) in [6.07, 6.45) is 2.66. The van der Waals surface area contributed by atoms with E-state index in [1.165, 1.54) is 4.40 Å². The van der Waals surface area contributed by atoms with Gasteiger partial charge in [0.25, 0.3) is 11.5 Å². The van der Waals surface area contributed by atoms with Crippen LogP contribution in [0.15, 0.2) is 53.0 Å². The molecular weight excluding hydrogens is 344 g/mol. The molecule has 0 aliphatic rings. The third-order valence-corrected chi connectivity index (χ3v) is 3.96. The molecule has 0 atom stereocenters. The van der Waals surface area contributed by atoms with Crippen LogP contribution in [0.4, 0.5) is 0 Å². The molecule has 0 saturated heterocycles. The molecule has 2 heterocycles. The first-order valence-electron chi connectivity index (χ1n) is 8.09. The van der Waals surface area contributed by atoms with Gasteiger partial charge >= 0.3 is 0 Å². The van der Waals surface area contributed by atoms with Gasteiger partial charge in [0.05, 0.1) is 0 Å². The number of nitrogens with two attached hydrogens (primary N) is 1. The fraction of sp³-hybridized carbons (Fsp3) is 0.100. The lowest BCUT2D eigenvalue weighted by Crippen LogP contribution is -2.20. The van der Waals surface area contributed by atoms with Crippen molar-refractivity contribution >= 4 is 17.6 Å². The van der Waals surface area contributed by atoms with Crippen LogP contribution < -0.4 is 16.0 Å². The Morgan fingerprint density at radius 1 is 1.26 bits per heavy atom. The Morgan fingerprint density at radius 3 is 2.59 bits per heavy atom. The predicted molar refractivity (Wildman–Crippen MR) is 100 cm³/mol. The molecule has 0 aliphatic heterocycles. The Bertz CT molecular complexity index is 1170. The number of fused-ring (bicyclic) bond motifs is 1. The van der Waals surface area contributed by atoms with Crippen molar-refractivity contribution in [1.82, 2.24) is 9.38 Å². The first kappa shape index (κ1) is 17.9. The van der Waals surface area contributed by atoms with Gasteiger partial charge in [0.1, 0.15) is 28.6 Å². The second-order valence-corrected chi connectivity index (χ2v) is 5.97. The lowest BCUT2D eigenvalue weighted by atomic mass is 10.1. The number of rotatable bonds is 4. The quantitative estimate of drug-likeness (QED) is 0.568. The van der Waals surface area contributed by atoms with Gasteiger partial charge in [-0.3, -0.25) is 14.0 Å². The van der Waals surface area contributed by atoms with Gasteiger partial charge in [0.15, 0.2) is 0 Å². The number of amides is 1. The van der Waals surface area contributed by atoms with Crippen LogP contribution in [0.25, 0.3) is 11.7 Å². The van der Waals surface area contributed by atoms with Crippen molar-refractivity contribution in [1.29, 1.82) is 5.26 Å². The van der Waals surface area contributed by atoms with Crippen LogP contribution in [0.3, 0.4) is 0 Å². The van der Waals surface area contributed by atoms with E-state index in [0.717, 1.165) is 17.2 Å². The molecule has 0 aliphatic carbocycles. The third-order valence-electron chi connectivity index (χ3n) is 3.96. The Kier molecular flexibility index (Phi) is 4.73. The number of carbonyl (C=O) groups excluding carboxylic acids is 1. The molecule has 0 unspecified atom stereocenters. The van der Waals surface area contributed by atoms with Gasteiger partial charge in [-0.2, -0.15) is 10.2 Å². The number of nitriles is 1. The van der Waals surface area contributed by atoms with Gasteiger partial charge in [-0.1, -0.05) is 23.8 Å². The number of carbonyl (C=O) groups is 1. The lowest BCUT2D eigenvalue weighted by molar-refractivity contribution is -0.114. The highest BCUT2D eigenvalue weighted by Crippen LogP contribution is 2.24. The molecule has 7 nitrogen and oxygen atoms in total. The van der Waals surface area contributed by atoms with E-state index in [0.29, 0.717) is 11.4 Å². The van der Waals surface area contributed by atoms with Crippen LogP contribution >= 0.6 is 0 Å². The Labute approximate surface area is 155 Å². The van der Waals surface area contributed by atoms with E-state index in [2.05, 4.69) is 4.98 Å². The predicted octanol–water partition coefficient (Wildman–Crippen LogP) is 2.50. The SMILES string of the molecule is Cc1ccc(Oc2nc3c(C)cccn3c(=O)c2C=C(C#N)C(N)=O)cc1. The van der Waals surface area contributed by atoms with E-state index < -0.39 is 11.5 Å². The van der Waals surface area contributed by atoms with Gasteiger partial charge in [-0.25, -0.2) is 0 Å². The monoisotopic (exact) mass is 360 g/mol. The summed E-state index contributed by atoms with van der Waals surface area (Å²) < 4.78 is 7.14. The number of benzene rings is 1. The summed E-state index contributed by atoms with van der Waals surface area (Å²) in [6.45, 7) is 3.76. The molecule has 0 fully saturated rings. The summed E-state index contributed by atoms with van der Waals surface area (Å²) in [4.78, 5) is 28.8. The zero-order chi connectivity index (χ0) is 19.6. The van der Waals surface area contributed by atoms with Crippen molar-refractivity contribution in [3.8, 4) is 17.7 Å². The summed E-state index contributed by atoms with van der Waals surface area (Å²) >= 11 is 0. The lowest BCUT2D eigenvalue weighted by Gasteiger charge is -2.11. The van der Waals surface area contributed by atoms with Crippen molar-refractivity contribution in [2.24, 2.45) is 5.73 Å². The van der Waals surface area contributed by atoms with E-state index in [-0.39, 0.29) is 17.0 Å². The number of aromatic nitrogens is 2. The third kappa shape index (κ3) is 3.55. The summed E-state index contributed by atoms with van der Waals surface area (Å²) in [6, 6.07) is 12.4. The molecule has 27 heavy (non-hydrogen) atoms. The minimum atomic E-state index is -0.937. The van der Waals surface area contributed by atoms with Gasteiger partial charge in [-0.15, -0.1) is 0 Å². The Morgan fingerprint density at radius 2 is 1.96 bits per heavy atom. The van der Waals surface area contributed by atoms with Crippen LogP contribution in [0.1, 0.15) is 16.7 Å². The summed E-state index contributed by atoms with van der Waals surface area (Å²) in [7, 11) is 0. The van der Waals surface area contributed by atoms with Crippen LogP contribution in [0.5, 0.6) is 11.6 Å². The average molecular weight is 360 g/mol. The maximum absolute atomic E-state index is 13.0. The molecule has 0 bridgehead atoms. The number of hydrogen-bond donors (Lipinski definition) is 1. The first-order valence-corrected chi connectivity index (χ1v) is 8.09. The zero-order valence-corrected chi connectivity index (χ0v) is 14.8. The first-order chi connectivity index (χ1) is 12.9. The van der Waals surface area contributed by atoms with Crippen LogP contribution in [0.2, 0.25) is 0 Å². The normalized spacial score (nSPS) is 11.2. The summed E-state index contributed by atoms with van der Waals surface area (Å²) in [5.74, 6) is -0.475. The standard InChI is InChI=1S/C20H16N4O3/c1-12-5-7-15(8-6-12)27-19-16(10-14(11-21)17(22)25)20(26)24-9-3-4-13(2)18(24)23-19/h3-10H,1-2H3,(H2,22,25). The molecule has 7 heteroatoms. The molecule has 134 valence electrons. The van der Waals surface area contributed by atoms with Gasteiger partial charge in [0, 0.05) is 6.20 Å². The van der Waals surface area contributed by atoms with E-state index in [4.69, 9.17) is 15.7 Å². The van der Waals surface area contributed by atoms with Crippen molar-refractivity contribution in [3.05, 3.63) is 75.2 Å². The second-order valence-electron chi connectivity index (χ2n) is 5.97. The highest BCUT2D eigenvalue weighted by Gasteiger charge is 2.17. The maximum Gasteiger partial charge on any atom is 0.269 e. The molecule has 3 rings (SSSR count). The Balaban J connectivity index is 2.28. The van der Waals surface area contributed by atoms with Crippen molar-refractivity contribution in [2.75, 3.05) is 0 Å². The molecule has 0 radical (unpaired) electrons. The van der Waals surface area contributed by atoms with Crippen molar-refractivity contribution < 1.29 is 9.53 Å². The largest absolute Gasteiger partial charge is 0.438 e. The smallest absolute Gasteiger partial charge is 0.269 e. The number of pyridine rings is 1. The van der Waals surface area contributed by atoms with Crippen LogP contribution in [-0.2, 0) is 4.79 Å². The van der Waals surface area contributed by atoms with Gasteiger partial charge in [-0.05, 0) is 43.7 Å². The van der Waals surface area contributed by atoms with Gasteiger partial charge in [0.2, 0.25) is 5.88 Å². The fourth-order valence-electron chi connectivity index (χ4n) is 2.51. The molecule has 1 aromatic carbocycles. The number of primary amides is 1. The number of ether oxygens (including phenoxy) is 1. The summed E-state index contributed by atoms with van der Waals surface area (Å²) in [5, 5.41) is 9.13. The highest BCUT2D eigenvalue weighted by atomic mass is 16.5. The topological polar surface area (TPSA) is 110 Å². The van der Waals surface area contributed by atoms with Gasteiger partial charge < -0.3 is 10.5 Å². The molecule has 3 aromatic rings. The number of aryl methyl sites for hydroxylation is 2. The zero-order valence-electron chi connectivity index (χ0n) is 14.8. The summed E-state index contributed by atoms with van der Waals surface area (Å²) in [5.41, 5.74) is 6.57. The molecular formula is C20H16N4O3. The van der Waals surface area contributed by atoms with Crippen LogP contribution in [0, 0.1) is 25.2 Å². The second kappa shape index (κ2) is 7.14. The van der Waals surface area contributed by atoms with Crippen molar-refractivity contribution in [2.45, 2.75) is 13.8 Å². The minimum Gasteiger partial charge on any atom is -0.438 e. The number of hydrogen-bond acceptors (Lipinski definition) is 5. The van der Waals surface area contributed by atoms with E-state index >= 15 is 0 Å². The maximum atomic E-state index is 13.0.